The normalized spacial score (nSPS) is 12.4. The van der Waals surface area contributed by atoms with Crippen LogP contribution < -0.4 is 11.3 Å². The molecule has 2 nitrogen and oxygen atoms in total. The van der Waals surface area contributed by atoms with Gasteiger partial charge in [0.05, 0.1) is 10.5 Å². The first-order chi connectivity index (χ1) is 9.54. The second kappa shape index (κ2) is 6.39. The quantitative estimate of drug-likeness (QED) is 0.656. The summed E-state index contributed by atoms with van der Waals surface area (Å²) in [7, 11) is 0. The van der Waals surface area contributed by atoms with E-state index in [1.54, 1.807) is 6.07 Å². The van der Waals surface area contributed by atoms with Gasteiger partial charge in [-0.15, -0.1) is 0 Å². The van der Waals surface area contributed by atoms with Crippen LogP contribution in [0.5, 0.6) is 0 Å². The Labute approximate surface area is 122 Å². The van der Waals surface area contributed by atoms with E-state index in [1.165, 1.54) is 24.3 Å². The Balaban J connectivity index is 2.34. The van der Waals surface area contributed by atoms with E-state index in [0.717, 1.165) is 6.07 Å². The van der Waals surface area contributed by atoms with E-state index in [-0.39, 0.29) is 16.5 Å². The standard InChI is InChI=1S/C14H12BrF3N2/c15-13-9(4-2-5-10(13)16)12(20-19)7-8-3-1-6-11(17)14(8)18/h1-6,12,20H,7,19H2. The lowest BCUT2D eigenvalue weighted by Crippen LogP contribution is -2.30. The minimum absolute atomic E-state index is 0.0994. The minimum Gasteiger partial charge on any atom is -0.271 e. The fraction of sp³-hybridized carbons (Fsp3) is 0.143. The summed E-state index contributed by atoms with van der Waals surface area (Å²) >= 11 is 3.13. The molecule has 0 amide bonds. The van der Waals surface area contributed by atoms with E-state index in [9.17, 15) is 13.2 Å². The summed E-state index contributed by atoms with van der Waals surface area (Å²) in [6.45, 7) is 0. The highest BCUT2D eigenvalue weighted by atomic mass is 79.9. The predicted molar refractivity (Wildman–Crippen MR) is 74.2 cm³/mol. The average Bonchev–Trinajstić information content (AvgIpc) is 2.44. The van der Waals surface area contributed by atoms with Crippen molar-refractivity contribution in [1.82, 2.24) is 5.43 Å². The van der Waals surface area contributed by atoms with Gasteiger partial charge in [0.15, 0.2) is 11.6 Å². The molecular weight excluding hydrogens is 333 g/mol. The van der Waals surface area contributed by atoms with Gasteiger partial charge >= 0.3 is 0 Å². The summed E-state index contributed by atoms with van der Waals surface area (Å²) in [5, 5.41) is 0. The molecule has 1 unspecified atom stereocenters. The molecule has 2 aromatic rings. The van der Waals surface area contributed by atoms with Crippen molar-refractivity contribution in [2.24, 2.45) is 5.84 Å². The lowest BCUT2D eigenvalue weighted by molar-refractivity contribution is 0.479. The van der Waals surface area contributed by atoms with Gasteiger partial charge in [-0.05, 0) is 45.6 Å². The molecule has 106 valence electrons. The zero-order valence-electron chi connectivity index (χ0n) is 10.3. The van der Waals surface area contributed by atoms with Crippen LogP contribution in [0.1, 0.15) is 17.2 Å². The van der Waals surface area contributed by atoms with Crippen LogP contribution in [-0.2, 0) is 6.42 Å². The first-order valence-electron chi connectivity index (χ1n) is 5.87. The summed E-state index contributed by atoms with van der Waals surface area (Å²) in [6.07, 6.45) is 0.0994. The van der Waals surface area contributed by atoms with Crippen LogP contribution in [0.2, 0.25) is 0 Å². The van der Waals surface area contributed by atoms with Crippen molar-refractivity contribution in [2.75, 3.05) is 0 Å². The monoisotopic (exact) mass is 344 g/mol. The predicted octanol–water partition coefficient (Wildman–Crippen LogP) is 3.61. The highest BCUT2D eigenvalue weighted by Gasteiger charge is 2.18. The lowest BCUT2D eigenvalue weighted by Gasteiger charge is -2.18. The third-order valence-electron chi connectivity index (χ3n) is 3.01. The molecule has 0 fully saturated rings. The topological polar surface area (TPSA) is 38.0 Å². The Bertz CT molecular complexity index is 619. The van der Waals surface area contributed by atoms with Crippen molar-refractivity contribution >= 4 is 15.9 Å². The summed E-state index contributed by atoms with van der Waals surface area (Å²) in [4.78, 5) is 0. The third kappa shape index (κ3) is 3.03. The van der Waals surface area contributed by atoms with Gasteiger partial charge in [0.1, 0.15) is 5.82 Å². The highest BCUT2D eigenvalue weighted by Crippen LogP contribution is 2.28. The number of hydrogen-bond acceptors (Lipinski definition) is 2. The first-order valence-corrected chi connectivity index (χ1v) is 6.66. The van der Waals surface area contributed by atoms with Gasteiger partial charge in [-0.3, -0.25) is 11.3 Å². The largest absolute Gasteiger partial charge is 0.271 e. The number of halogens is 4. The maximum absolute atomic E-state index is 13.7. The Morgan fingerprint density at radius 3 is 2.40 bits per heavy atom. The summed E-state index contributed by atoms with van der Waals surface area (Å²) in [5.74, 6) is 3.17. The summed E-state index contributed by atoms with van der Waals surface area (Å²) in [5.41, 5.74) is 3.20. The molecule has 0 aromatic heterocycles. The number of benzene rings is 2. The molecule has 20 heavy (non-hydrogen) atoms. The molecule has 0 saturated heterocycles. The Morgan fingerprint density at radius 1 is 1.05 bits per heavy atom. The number of hydrazine groups is 1. The van der Waals surface area contributed by atoms with Crippen molar-refractivity contribution in [3.8, 4) is 0 Å². The molecule has 0 bridgehead atoms. The average molecular weight is 345 g/mol. The number of hydrogen-bond donors (Lipinski definition) is 2. The van der Waals surface area contributed by atoms with Crippen molar-refractivity contribution < 1.29 is 13.2 Å². The molecule has 2 rings (SSSR count). The van der Waals surface area contributed by atoms with E-state index < -0.39 is 23.5 Å². The molecule has 0 saturated carbocycles. The van der Waals surface area contributed by atoms with Gasteiger partial charge in [-0.2, -0.15) is 0 Å². The van der Waals surface area contributed by atoms with Crippen molar-refractivity contribution in [2.45, 2.75) is 12.5 Å². The van der Waals surface area contributed by atoms with Crippen LogP contribution in [0.15, 0.2) is 40.9 Å². The van der Waals surface area contributed by atoms with Gasteiger partial charge in [0, 0.05) is 0 Å². The molecule has 6 heteroatoms. The van der Waals surface area contributed by atoms with Crippen LogP contribution in [0.4, 0.5) is 13.2 Å². The van der Waals surface area contributed by atoms with E-state index >= 15 is 0 Å². The molecule has 0 aliphatic heterocycles. The van der Waals surface area contributed by atoms with Crippen molar-refractivity contribution in [1.29, 1.82) is 0 Å². The zero-order chi connectivity index (χ0) is 14.7. The fourth-order valence-electron chi connectivity index (χ4n) is 1.97. The molecule has 0 heterocycles. The van der Waals surface area contributed by atoms with E-state index in [4.69, 9.17) is 5.84 Å². The SMILES string of the molecule is NNC(Cc1cccc(F)c1F)c1cccc(F)c1Br. The van der Waals surface area contributed by atoms with Gasteiger partial charge in [0.25, 0.3) is 0 Å². The fourth-order valence-corrected chi connectivity index (χ4v) is 2.51. The number of rotatable bonds is 4. The molecule has 0 aliphatic rings. The second-order valence-corrected chi connectivity index (χ2v) is 5.07. The van der Waals surface area contributed by atoms with Crippen molar-refractivity contribution in [3.05, 3.63) is 69.4 Å². The van der Waals surface area contributed by atoms with Crippen LogP contribution in [-0.4, -0.2) is 0 Å². The first kappa shape index (κ1) is 15.0. The molecule has 0 spiro atoms. The minimum atomic E-state index is -0.920. The number of nitrogens with two attached hydrogens (primary N) is 1. The van der Waals surface area contributed by atoms with Gasteiger partial charge in [-0.25, -0.2) is 13.2 Å². The Hall–Kier alpha value is -1.37. The second-order valence-electron chi connectivity index (χ2n) is 4.28. The molecule has 2 aromatic carbocycles. The van der Waals surface area contributed by atoms with E-state index in [2.05, 4.69) is 21.4 Å². The molecule has 0 radical (unpaired) electrons. The highest BCUT2D eigenvalue weighted by molar-refractivity contribution is 9.10. The molecule has 0 aliphatic carbocycles. The van der Waals surface area contributed by atoms with Gasteiger partial charge < -0.3 is 0 Å². The summed E-state index contributed by atoms with van der Waals surface area (Å²) in [6, 6.07) is 7.87. The maximum Gasteiger partial charge on any atom is 0.162 e. The molecular formula is C14H12BrF3N2. The van der Waals surface area contributed by atoms with Crippen LogP contribution in [0.3, 0.4) is 0 Å². The Kier molecular flexibility index (Phi) is 4.80. The Morgan fingerprint density at radius 2 is 1.70 bits per heavy atom. The van der Waals surface area contributed by atoms with Crippen molar-refractivity contribution in [3.63, 3.8) is 0 Å². The number of nitrogens with one attached hydrogen (secondary N) is 1. The van der Waals surface area contributed by atoms with E-state index in [1.807, 2.05) is 0 Å². The zero-order valence-corrected chi connectivity index (χ0v) is 11.9. The lowest BCUT2D eigenvalue weighted by atomic mass is 9.99. The van der Waals surface area contributed by atoms with Gasteiger partial charge in [-0.1, -0.05) is 24.3 Å². The van der Waals surface area contributed by atoms with Crippen LogP contribution in [0.25, 0.3) is 0 Å². The van der Waals surface area contributed by atoms with Crippen LogP contribution in [0, 0.1) is 17.5 Å². The van der Waals surface area contributed by atoms with E-state index in [0.29, 0.717) is 5.56 Å². The molecule has 1 atom stereocenters. The van der Waals surface area contributed by atoms with Gasteiger partial charge in [0.2, 0.25) is 0 Å². The third-order valence-corrected chi connectivity index (χ3v) is 3.85. The maximum atomic E-state index is 13.7. The summed E-state index contributed by atoms with van der Waals surface area (Å²) < 4.78 is 40.6. The van der Waals surface area contributed by atoms with Crippen LogP contribution >= 0.6 is 15.9 Å². The molecule has 3 N–H and O–H groups in total. The smallest absolute Gasteiger partial charge is 0.162 e.